The number of quaternary nitrogens is 1. The molecule has 0 unspecified atom stereocenters. The van der Waals surface area contributed by atoms with Gasteiger partial charge in [-0.3, -0.25) is 28.8 Å². The molecule has 5 rings (SSSR count). The Morgan fingerprint density at radius 3 is 1.90 bits per heavy atom. The van der Waals surface area contributed by atoms with Crippen LogP contribution >= 0.6 is 0 Å². The van der Waals surface area contributed by atoms with Gasteiger partial charge in [0.05, 0.1) is 37.5 Å². The third kappa shape index (κ3) is 20.9. The minimum atomic E-state index is -1.09. The second-order valence-electron chi connectivity index (χ2n) is 24.7. The predicted molar refractivity (Wildman–Crippen MR) is 308 cm³/mol. The third-order valence-corrected chi connectivity index (χ3v) is 14.6. The molecule has 16 heteroatoms. The first-order chi connectivity index (χ1) is 37.3. The van der Waals surface area contributed by atoms with E-state index in [1.54, 1.807) is 33.9 Å². The highest BCUT2D eigenvalue weighted by molar-refractivity contribution is 5.99. The normalized spacial score (nSPS) is 17.8. The van der Waals surface area contributed by atoms with E-state index in [9.17, 15) is 28.8 Å². The number of ketones is 1. The van der Waals surface area contributed by atoms with Crippen LogP contribution in [0.2, 0.25) is 0 Å². The van der Waals surface area contributed by atoms with Crippen LogP contribution in [-0.4, -0.2) is 121 Å². The molecule has 0 radical (unpaired) electrons. The monoisotopic (exact) mass is 1090 g/mol. The summed E-state index contributed by atoms with van der Waals surface area (Å²) in [7, 11) is 0. The quantitative estimate of drug-likeness (QED) is 0.00919. The van der Waals surface area contributed by atoms with Gasteiger partial charge >= 0.3 is 5.97 Å². The summed E-state index contributed by atoms with van der Waals surface area (Å²) < 4.78 is 17.7. The molecule has 4 N–H and O–H groups in total. The molecule has 0 aliphatic carbocycles. The number of hydrogen-bond acceptors (Lipinski definition) is 11. The third-order valence-electron chi connectivity index (χ3n) is 14.6. The fraction of sp³-hybridized carbons (Fsp3) is 0.603. The Bertz CT molecular complexity index is 2510. The van der Waals surface area contributed by atoms with Crippen LogP contribution in [0.15, 0.2) is 78.0 Å². The number of esters is 1. The van der Waals surface area contributed by atoms with E-state index in [0.29, 0.717) is 61.5 Å². The van der Waals surface area contributed by atoms with E-state index in [1.807, 2.05) is 121 Å². The average Bonchev–Trinajstić information content (AvgIpc) is 4.34. The first-order valence-corrected chi connectivity index (χ1v) is 28.8. The molecule has 3 aromatic rings. The van der Waals surface area contributed by atoms with Crippen LogP contribution in [0.5, 0.6) is 5.75 Å². The van der Waals surface area contributed by atoms with Gasteiger partial charge in [0.1, 0.15) is 54.7 Å². The van der Waals surface area contributed by atoms with Crippen molar-refractivity contribution in [2.24, 2.45) is 22.4 Å². The fourth-order valence-corrected chi connectivity index (χ4v) is 9.86. The van der Waals surface area contributed by atoms with E-state index >= 15 is 0 Å². The maximum Gasteiger partial charge on any atom is 0.316 e. The minimum absolute atomic E-state index is 0.0226. The Morgan fingerprint density at radius 1 is 0.734 bits per heavy atom. The number of benzene rings is 3. The number of carbonyl (C=O) groups is 6. The molecule has 2 heterocycles. The van der Waals surface area contributed by atoms with Gasteiger partial charge in [-0.2, -0.15) is 0 Å². The van der Waals surface area contributed by atoms with Crippen LogP contribution in [0.3, 0.4) is 0 Å². The first kappa shape index (κ1) is 63.9. The average molecular weight is 1090 g/mol. The number of nitrogens with one attached hydrogen (secondary N) is 4. The molecule has 16 nitrogen and oxygen atoms in total. The molecular weight excluding hydrogens is 1000 g/mol. The number of rotatable bonds is 31. The van der Waals surface area contributed by atoms with E-state index in [-0.39, 0.29) is 61.9 Å². The maximum absolute atomic E-state index is 14.7. The summed E-state index contributed by atoms with van der Waals surface area (Å²) in [6.07, 6.45) is 8.33. The lowest BCUT2D eigenvalue weighted by atomic mass is 9.93. The minimum Gasteiger partial charge on any atom is -0.425 e. The van der Waals surface area contributed by atoms with Gasteiger partial charge in [-0.15, -0.1) is 0 Å². The van der Waals surface area contributed by atoms with E-state index in [4.69, 9.17) is 19.0 Å². The first-order valence-electron chi connectivity index (χ1n) is 28.8. The van der Waals surface area contributed by atoms with Crippen molar-refractivity contribution < 1.29 is 52.3 Å². The van der Waals surface area contributed by atoms with Gasteiger partial charge in [-0.25, -0.2) is 0 Å². The van der Waals surface area contributed by atoms with Gasteiger partial charge in [0.25, 0.3) is 5.91 Å². The van der Waals surface area contributed by atoms with Gasteiger partial charge in [-0.1, -0.05) is 120 Å². The number of carbonyl (C=O) groups excluding carboxylic acids is 6. The zero-order valence-electron chi connectivity index (χ0n) is 49.5. The molecule has 2 aliphatic rings. The summed E-state index contributed by atoms with van der Waals surface area (Å²) in [5, 5.41) is 16.4. The number of aryl methyl sites for hydroxylation is 2. The Morgan fingerprint density at radius 2 is 1.30 bits per heavy atom. The fourth-order valence-electron chi connectivity index (χ4n) is 9.86. The molecule has 2 fully saturated rings. The lowest BCUT2D eigenvalue weighted by Crippen LogP contribution is -2.61. The van der Waals surface area contributed by atoms with Crippen molar-refractivity contribution in [2.75, 3.05) is 39.5 Å². The Hall–Kier alpha value is -5.97. The van der Waals surface area contributed by atoms with Crippen molar-refractivity contribution in [1.29, 1.82) is 0 Å². The molecule has 5 atom stereocenters. The van der Waals surface area contributed by atoms with E-state index in [1.165, 1.54) is 0 Å². The maximum atomic E-state index is 14.7. The van der Waals surface area contributed by atoms with Crippen molar-refractivity contribution in [3.63, 3.8) is 0 Å². The number of epoxide rings is 1. The predicted octanol–water partition coefficient (Wildman–Crippen LogP) is 8.66. The number of morpholine rings is 1. The standard InChI is InChI=1S/C63H92N6O10/c1-13-14-15-22-29-62(10,11)79-64-39-49-37-48(36-45(6)55(49)78-60(75)61(7,8)9)40-69(30-32-76-33-31-69)41-54(70)65-50(28-27-46-23-18-16-19-24-46)57(72)67-52(35-44(4)5)58(73)68-53(38-47-25-20-17-21-26-47)59(74)66-51(34-43(2)3)56(71)63(12)42-77-63/h16-21,23-26,36-37,39,43-44,50-53H,13-15,22,27-35,38,40-42H2,1-12H3,(H3-,65,66,67,68,70,72,73,74)/p+1/b64-39+/t50-,51-,52-,53-,63+/m0/s1. The largest absolute Gasteiger partial charge is 0.425 e. The van der Waals surface area contributed by atoms with Crippen LogP contribution in [0.4, 0.5) is 0 Å². The highest BCUT2D eigenvalue weighted by Gasteiger charge is 2.50. The highest BCUT2D eigenvalue weighted by atomic mass is 16.6. The summed E-state index contributed by atoms with van der Waals surface area (Å²) in [4.78, 5) is 91.2. The van der Waals surface area contributed by atoms with Gasteiger partial charge in [0.2, 0.25) is 17.7 Å². The molecule has 4 amide bonds. The van der Waals surface area contributed by atoms with Crippen molar-refractivity contribution in [2.45, 2.75) is 189 Å². The van der Waals surface area contributed by atoms with Gasteiger partial charge < -0.3 is 44.8 Å². The molecular formula is C63H93N6O10+. The smallest absolute Gasteiger partial charge is 0.316 e. The summed E-state index contributed by atoms with van der Waals surface area (Å²) in [6.45, 7) is 25.6. The zero-order chi connectivity index (χ0) is 58.0. The number of amides is 4. The number of unbranched alkanes of at least 4 members (excludes halogenated alkanes) is 3. The van der Waals surface area contributed by atoms with Crippen molar-refractivity contribution in [3.05, 3.63) is 101 Å². The molecule has 0 aromatic heterocycles. The second kappa shape index (κ2) is 29.5. The Balaban J connectivity index is 1.40. The number of nitrogens with zero attached hydrogens (tertiary/aromatic N) is 2. The summed E-state index contributed by atoms with van der Waals surface area (Å²) >= 11 is 0. The van der Waals surface area contributed by atoms with E-state index in [2.05, 4.69) is 33.3 Å². The van der Waals surface area contributed by atoms with E-state index in [0.717, 1.165) is 54.4 Å². The summed E-state index contributed by atoms with van der Waals surface area (Å²) in [5.74, 6) is -2.16. The summed E-state index contributed by atoms with van der Waals surface area (Å²) in [5.41, 5.74) is 1.70. The van der Waals surface area contributed by atoms with Gasteiger partial charge in [0, 0.05) is 17.5 Å². The molecule has 0 spiro atoms. The lowest BCUT2D eigenvalue weighted by molar-refractivity contribution is -0.940. The van der Waals surface area contributed by atoms with E-state index < -0.39 is 58.5 Å². The van der Waals surface area contributed by atoms with Crippen LogP contribution in [-0.2, 0) is 62.5 Å². The molecule has 0 bridgehead atoms. The van der Waals surface area contributed by atoms with Crippen LogP contribution < -0.4 is 26.0 Å². The lowest BCUT2D eigenvalue weighted by Gasteiger charge is -2.41. The van der Waals surface area contributed by atoms with Crippen LogP contribution in [0, 0.1) is 24.2 Å². The Labute approximate surface area is 470 Å². The molecule has 79 heavy (non-hydrogen) atoms. The highest BCUT2D eigenvalue weighted by Crippen LogP contribution is 2.32. The number of ether oxygens (including phenoxy) is 3. The number of oxime groups is 1. The molecule has 3 aromatic carbocycles. The molecule has 2 aliphatic heterocycles. The van der Waals surface area contributed by atoms with Gasteiger partial charge in [-0.05, 0) is 128 Å². The molecule has 434 valence electrons. The topological polar surface area (TPSA) is 203 Å². The van der Waals surface area contributed by atoms with Crippen molar-refractivity contribution >= 4 is 41.6 Å². The van der Waals surface area contributed by atoms with Crippen LogP contribution in [0.25, 0.3) is 0 Å². The number of hydrogen-bond donors (Lipinski definition) is 4. The zero-order valence-corrected chi connectivity index (χ0v) is 49.5. The molecule has 2 saturated heterocycles. The number of Topliss-reactive ketones (excluding diaryl/α,β-unsaturated/α-hetero) is 1. The van der Waals surface area contributed by atoms with Crippen LogP contribution in [0.1, 0.15) is 155 Å². The van der Waals surface area contributed by atoms with Crippen molar-refractivity contribution in [3.8, 4) is 5.75 Å². The Kier molecular flexibility index (Phi) is 23.8. The SMILES string of the molecule is CCCCCCC(C)(C)O/N=C/c1cc(C[N+]2(CC(=O)N[C@@H](CCc3ccccc3)C(=O)N[C@@H](CC(C)C)C(=O)N[C@@H](Cc3ccccc3)C(=O)N[C@@H](CC(C)C)C(=O)[C@@]3(C)CO3)CCOCC2)cc(C)c1OC(=O)C(C)(C)C. The molecule has 0 saturated carbocycles. The summed E-state index contributed by atoms with van der Waals surface area (Å²) in [6, 6.07) is 18.9. The van der Waals surface area contributed by atoms with Gasteiger partial charge in [0.15, 0.2) is 12.3 Å². The second-order valence-corrected chi connectivity index (χ2v) is 24.7. The van der Waals surface area contributed by atoms with Crippen molar-refractivity contribution in [1.82, 2.24) is 21.3 Å².